The molecule has 2 aromatic rings. The number of ketones is 1. The number of carbonyl (C=O) groups excluding carboxylic acids is 2. The average molecular weight is 377 g/mol. The first-order chi connectivity index (χ1) is 10.3. The summed E-state index contributed by atoms with van der Waals surface area (Å²) in [5.41, 5.74) is 1.07. The van der Waals surface area contributed by atoms with E-state index < -0.39 is 27.0 Å². The Kier molecular flexibility index (Phi) is 3.72. The first-order valence-electron chi connectivity index (χ1n) is 5.80. The Balaban J connectivity index is 2.02. The maximum absolute atomic E-state index is 11.8. The number of nitrogens with zero attached hydrogens (tertiary/aromatic N) is 1. The van der Waals surface area contributed by atoms with Gasteiger partial charge in [0.05, 0.1) is 15.7 Å². The molecule has 1 N–H and O–H groups in total. The van der Waals surface area contributed by atoms with Gasteiger partial charge in [-0.1, -0.05) is 29.3 Å². The van der Waals surface area contributed by atoms with Gasteiger partial charge < -0.3 is 0 Å². The summed E-state index contributed by atoms with van der Waals surface area (Å²) in [5, 5.41) is 0.728. The smallest absolute Gasteiger partial charge is 0.287 e. The van der Waals surface area contributed by atoms with Crippen molar-refractivity contribution in [2.45, 2.75) is 5.25 Å². The number of rotatable bonds is 2. The fourth-order valence-electron chi connectivity index (χ4n) is 1.94. The molecule has 1 aliphatic rings. The maximum atomic E-state index is 11.8. The summed E-state index contributed by atoms with van der Waals surface area (Å²) in [4.78, 5) is 27.1. The summed E-state index contributed by atoms with van der Waals surface area (Å²) in [6, 6.07) is 4.83. The molecule has 1 aromatic carbocycles. The van der Waals surface area contributed by atoms with Gasteiger partial charge in [0.1, 0.15) is 5.01 Å². The van der Waals surface area contributed by atoms with Gasteiger partial charge in [-0.3, -0.25) is 9.59 Å². The number of Topliss-reactive ketones (excluding diaryl/α,β-unsaturated/α-hetero) is 1. The van der Waals surface area contributed by atoms with E-state index in [-0.39, 0.29) is 5.01 Å². The van der Waals surface area contributed by atoms with Crippen molar-refractivity contribution in [3.63, 3.8) is 0 Å². The van der Waals surface area contributed by atoms with E-state index >= 15 is 0 Å². The summed E-state index contributed by atoms with van der Waals surface area (Å²) in [6.45, 7) is 0. The number of amides is 1. The first kappa shape index (κ1) is 15.4. The highest BCUT2D eigenvalue weighted by Gasteiger charge is 2.48. The number of sulfonamides is 1. The number of hydrogen-bond donors (Lipinski definition) is 1. The fourth-order valence-corrected chi connectivity index (χ4v) is 4.77. The molecule has 0 spiro atoms. The Hall–Kier alpha value is -1.48. The van der Waals surface area contributed by atoms with E-state index in [1.807, 2.05) is 0 Å². The molecule has 2 heterocycles. The van der Waals surface area contributed by atoms with Crippen molar-refractivity contribution in [2.24, 2.45) is 0 Å². The second-order valence-electron chi connectivity index (χ2n) is 4.42. The Labute approximate surface area is 139 Å². The molecule has 0 radical (unpaired) electrons. The van der Waals surface area contributed by atoms with E-state index in [1.165, 1.54) is 0 Å². The lowest BCUT2D eigenvalue weighted by Crippen LogP contribution is -2.22. The van der Waals surface area contributed by atoms with Crippen LogP contribution in [0, 0.1) is 0 Å². The van der Waals surface area contributed by atoms with Gasteiger partial charge in [-0.25, -0.2) is 18.1 Å². The molecule has 114 valence electrons. The number of thiazole rings is 1. The second kappa shape index (κ2) is 5.31. The molecular weight excluding hydrogens is 371 g/mol. The van der Waals surface area contributed by atoms with E-state index in [9.17, 15) is 18.0 Å². The normalized spacial score (nSPS) is 20.2. The molecule has 0 aliphatic carbocycles. The minimum Gasteiger partial charge on any atom is -0.287 e. The fraction of sp³-hybridized carbons (Fsp3) is 0.0833. The Bertz CT molecular complexity index is 908. The van der Waals surface area contributed by atoms with Crippen LogP contribution in [0.15, 0.2) is 23.6 Å². The minimum atomic E-state index is -4.07. The highest BCUT2D eigenvalue weighted by atomic mass is 35.5. The zero-order valence-electron chi connectivity index (χ0n) is 10.5. The SMILES string of the molecule is O=C1NS(=O)(=O)C(c2nc(-c3ccc(Cl)c(Cl)c3)cs2)C1=O. The van der Waals surface area contributed by atoms with Crippen LogP contribution < -0.4 is 4.72 Å². The largest absolute Gasteiger partial charge is 0.302 e. The summed E-state index contributed by atoms with van der Waals surface area (Å²) in [6.07, 6.45) is 0. The second-order valence-corrected chi connectivity index (χ2v) is 7.89. The van der Waals surface area contributed by atoms with Crippen LogP contribution in [-0.4, -0.2) is 25.1 Å². The molecule has 1 fully saturated rings. The Morgan fingerprint density at radius 1 is 1.18 bits per heavy atom. The highest BCUT2D eigenvalue weighted by molar-refractivity contribution is 7.92. The monoisotopic (exact) mass is 376 g/mol. The quantitative estimate of drug-likeness (QED) is 0.810. The summed E-state index contributed by atoms with van der Waals surface area (Å²) >= 11 is 12.7. The lowest BCUT2D eigenvalue weighted by atomic mass is 10.2. The topological polar surface area (TPSA) is 93.2 Å². The molecule has 3 rings (SSSR count). The van der Waals surface area contributed by atoms with Crippen LogP contribution in [0.4, 0.5) is 0 Å². The lowest BCUT2D eigenvalue weighted by molar-refractivity contribution is -0.135. The third kappa shape index (κ3) is 2.52. The number of hydrogen-bond acceptors (Lipinski definition) is 6. The van der Waals surface area contributed by atoms with Crippen molar-refractivity contribution < 1.29 is 18.0 Å². The molecule has 0 bridgehead atoms. The van der Waals surface area contributed by atoms with E-state index in [0.717, 1.165) is 11.3 Å². The van der Waals surface area contributed by atoms with Gasteiger partial charge in [0.2, 0.25) is 5.78 Å². The predicted molar refractivity (Wildman–Crippen MR) is 82.4 cm³/mol. The molecular formula is C12H6Cl2N2O4S2. The van der Waals surface area contributed by atoms with E-state index in [4.69, 9.17) is 23.2 Å². The molecule has 22 heavy (non-hydrogen) atoms. The summed E-state index contributed by atoms with van der Waals surface area (Å²) in [5.74, 6) is -2.17. The zero-order chi connectivity index (χ0) is 16.1. The van der Waals surface area contributed by atoms with Crippen LogP contribution in [0.2, 0.25) is 10.0 Å². The van der Waals surface area contributed by atoms with Gasteiger partial charge >= 0.3 is 5.91 Å². The van der Waals surface area contributed by atoms with Gasteiger partial charge in [0.15, 0.2) is 5.25 Å². The minimum absolute atomic E-state index is 0.0319. The van der Waals surface area contributed by atoms with Crippen molar-refractivity contribution in [3.05, 3.63) is 38.6 Å². The molecule has 0 saturated carbocycles. The Morgan fingerprint density at radius 2 is 1.91 bits per heavy atom. The molecule has 1 aliphatic heterocycles. The van der Waals surface area contributed by atoms with Gasteiger partial charge in [-0.2, -0.15) is 0 Å². The summed E-state index contributed by atoms with van der Waals surface area (Å²) in [7, 11) is -4.07. The van der Waals surface area contributed by atoms with Gasteiger partial charge in [-0.15, -0.1) is 11.3 Å². The van der Waals surface area contributed by atoms with Crippen molar-refractivity contribution in [1.82, 2.24) is 9.71 Å². The van der Waals surface area contributed by atoms with Crippen LogP contribution in [0.25, 0.3) is 11.3 Å². The van der Waals surface area contributed by atoms with Crippen molar-refractivity contribution in [1.29, 1.82) is 0 Å². The first-order valence-corrected chi connectivity index (χ1v) is 8.98. The van der Waals surface area contributed by atoms with E-state index in [1.54, 1.807) is 28.3 Å². The van der Waals surface area contributed by atoms with Crippen LogP contribution in [0.3, 0.4) is 0 Å². The standard InChI is InChI=1S/C12H6Cl2N2O4S2/c13-6-2-1-5(3-7(6)14)8-4-21-12(15-8)10-9(17)11(18)16-22(10,19)20/h1-4,10H,(H,16,18). The molecule has 1 saturated heterocycles. The third-order valence-corrected chi connectivity index (χ3v) is 6.29. The van der Waals surface area contributed by atoms with E-state index in [0.29, 0.717) is 21.3 Å². The zero-order valence-corrected chi connectivity index (χ0v) is 13.7. The third-order valence-electron chi connectivity index (χ3n) is 2.97. The Morgan fingerprint density at radius 3 is 2.50 bits per heavy atom. The number of benzene rings is 1. The van der Waals surface area contributed by atoms with Crippen LogP contribution in [0.5, 0.6) is 0 Å². The molecule has 10 heteroatoms. The number of halogens is 2. The van der Waals surface area contributed by atoms with Crippen molar-refractivity contribution in [3.8, 4) is 11.3 Å². The molecule has 1 unspecified atom stereocenters. The molecule has 1 atom stereocenters. The number of nitrogens with one attached hydrogen (secondary N) is 1. The van der Waals surface area contributed by atoms with Crippen molar-refractivity contribution >= 4 is 56.3 Å². The predicted octanol–water partition coefficient (Wildman–Crippen LogP) is 2.19. The number of carbonyl (C=O) groups is 2. The van der Waals surface area contributed by atoms with E-state index in [2.05, 4.69) is 4.98 Å². The molecule has 1 amide bonds. The average Bonchev–Trinajstić information content (AvgIpc) is 2.97. The van der Waals surface area contributed by atoms with Crippen LogP contribution in [0.1, 0.15) is 10.3 Å². The molecule has 1 aromatic heterocycles. The lowest BCUT2D eigenvalue weighted by Gasteiger charge is -2.02. The summed E-state index contributed by atoms with van der Waals surface area (Å²) < 4.78 is 25.3. The van der Waals surface area contributed by atoms with Gasteiger partial charge in [0.25, 0.3) is 10.0 Å². The van der Waals surface area contributed by atoms with Crippen LogP contribution >= 0.6 is 34.5 Å². The van der Waals surface area contributed by atoms with Crippen LogP contribution in [-0.2, 0) is 19.6 Å². The van der Waals surface area contributed by atoms with Gasteiger partial charge in [0, 0.05) is 10.9 Å². The van der Waals surface area contributed by atoms with Gasteiger partial charge in [-0.05, 0) is 12.1 Å². The van der Waals surface area contributed by atoms with Crippen molar-refractivity contribution in [2.75, 3.05) is 0 Å². The molecule has 6 nitrogen and oxygen atoms in total. The highest BCUT2D eigenvalue weighted by Crippen LogP contribution is 2.34. The maximum Gasteiger partial charge on any atom is 0.302 e. The number of aromatic nitrogens is 1.